The van der Waals surface area contributed by atoms with Crippen LogP contribution < -0.4 is 9.47 Å². The predicted octanol–water partition coefficient (Wildman–Crippen LogP) is 2.87. The Bertz CT molecular complexity index is 706. The Morgan fingerprint density at radius 2 is 1.62 bits per heavy atom. The maximum atomic E-state index is 5.69. The molecule has 10 heteroatoms. The summed E-state index contributed by atoms with van der Waals surface area (Å²) in [5.74, 6) is 1.07. The van der Waals surface area contributed by atoms with Gasteiger partial charge in [-0.25, -0.2) is 0 Å². The molecule has 2 aromatic rings. The van der Waals surface area contributed by atoms with E-state index in [2.05, 4.69) is 10.2 Å². The highest BCUT2D eigenvalue weighted by molar-refractivity contribution is 7.73. The molecule has 0 aliphatic carbocycles. The largest absolute Gasteiger partial charge is 0.464 e. The lowest BCUT2D eigenvalue weighted by Gasteiger charge is -2.14. The van der Waals surface area contributed by atoms with Gasteiger partial charge in [0.15, 0.2) is 29.0 Å². The summed E-state index contributed by atoms with van der Waals surface area (Å²) in [4.78, 5) is 0. The summed E-state index contributed by atoms with van der Waals surface area (Å²) in [6.45, 7) is 2.04. The first-order valence-corrected chi connectivity index (χ1v) is 9.06. The van der Waals surface area contributed by atoms with Gasteiger partial charge >= 0.3 is 0 Å². The second-order valence-electron chi connectivity index (χ2n) is 4.91. The fourth-order valence-corrected chi connectivity index (χ4v) is 2.72. The SMILES string of the molecule is COCCOCOc1ccc(-c2n[nH]c(=S)s2)cc1OCOCCOC. The van der Waals surface area contributed by atoms with Gasteiger partial charge in [-0.2, -0.15) is 5.10 Å². The van der Waals surface area contributed by atoms with E-state index in [1.165, 1.54) is 11.3 Å². The van der Waals surface area contributed by atoms with Gasteiger partial charge in [-0.15, -0.1) is 0 Å². The molecule has 0 amide bonds. The number of nitrogens with one attached hydrogen (secondary N) is 1. The quantitative estimate of drug-likeness (QED) is 0.311. The molecule has 144 valence electrons. The topological polar surface area (TPSA) is 84.1 Å². The first-order valence-electron chi connectivity index (χ1n) is 7.83. The summed E-state index contributed by atoms with van der Waals surface area (Å²) < 4.78 is 32.5. The van der Waals surface area contributed by atoms with Crippen LogP contribution in [0.5, 0.6) is 11.5 Å². The fourth-order valence-electron chi connectivity index (χ4n) is 1.84. The molecule has 0 aliphatic heterocycles. The number of aromatic nitrogens is 2. The number of rotatable bonds is 13. The van der Waals surface area contributed by atoms with Gasteiger partial charge in [0.25, 0.3) is 0 Å². The molecule has 1 heterocycles. The molecule has 2 rings (SSSR count). The van der Waals surface area contributed by atoms with E-state index >= 15 is 0 Å². The van der Waals surface area contributed by atoms with Gasteiger partial charge in [-0.1, -0.05) is 11.3 Å². The summed E-state index contributed by atoms with van der Waals surface area (Å²) in [6.07, 6.45) is 0. The van der Waals surface area contributed by atoms with Crippen molar-refractivity contribution < 1.29 is 28.4 Å². The molecule has 0 aliphatic rings. The van der Waals surface area contributed by atoms with Gasteiger partial charge in [-0.3, -0.25) is 5.10 Å². The number of nitrogens with zero attached hydrogens (tertiary/aromatic N) is 1. The molecule has 0 spiro atoms. The molecule has 8 nitrogen and oxygen atoms in total. The zero-order valence-electron chi connectivity index (χ0n) is 14.7. The minimum atomic E-state index is 0.0734. The van der Waals surface area contributed by atoms with Crippen molar-refractivity contribution in [3.63, 3.8) is 0 Å². The van der Waals surface area contributed by atoms with Crippen LogP contribution in [-0.2, 0) is 18.9 Å². The van der Waals surface area contributed by atoms with E-state index in [1.54, 1.807) is 20.3 Å². The van der Waals surface area contributed by atoms with E-state index in [0.717, 1.165) is 10.6 Å². The monoisotopic (exact) mass is 402 g/mol. The third kappa shape index (κ3) is 6.98. The van der Waals surface area contributed by atoms with Crippen LogP contribution >= 0.6 is 23.6 Å². The van der Waals surface area contributed by atoms with Crippen molar-refractivity contribution >= 4 is 23.6 Å². The van der Waals surface area contributed by atoms with Crippen LogP contribution in [0.4, 0.5) is 0 Å². The van der Waals surface area contributed by atoms with Crippen LogP contribution in [0.15, 0.2) is 18.2 Å². The van der Waals surface area contributed by atoms with E-state index in [0.29, 0.717) is 41.9 Å². The second kappa shape index (κ2) is 11.9. The van der Waals surface area contributed by atoms with Crippen LogP contribution in [0, 0.1) is 3.95 Å². The van der Waals surface area contributed by atoms with E-state index in [4.69, 9.17) is 40.6 Å². The average molecular weight is 402 g/mol. The molecule has 26 heavy (non-hydrogen) atoms. The second-order valence-corrected chi connectivity index (χ2v) is 6.57. The van der Waals surface area contributed by atoms with Crippen molar-refractivity contribution in [3.05, 3.63) is 22.2 Å². The molecule has 0 fully saturated rings. The van der Waals surface area contributed by atoms with E-state index < -0.39 is 0 Å². The highest BCUT2D eigenvalue weighted by atomic mass is 32.1. The molecule has 0 unspecified atom stereocenters. The number of benzene rings is 1. The van der Waals surface area contributed by atoms with Crippen molar-refractivity contribution in [1.82, 2.24) is 10.2 Å². The Labute approximate surface area is 160 Å². The van der Waals surface area contributed by atoms with E-state index in [1.807, 2.05) is 12.1 Å². The smallest absolute Gasteiger partial charge is 0.189 e. The first-order chi connectivity index (χ1) is 12.7. The molecule has 0 radical (unpaired) electrons. The molecule has 0 atom stereocenters. The maximum absolute atomic E-state index is 5.69. The summed E-state index contributed by atoms with van der Waals surface area (Å²) in [6, 6.07) is 5.50. The van der Waals surface area contributed by atoms with Gasteiger partial charge in [0.2, 0.25) is 0 Å². The lowest BCUT2D eigenvalue weighted by Crippen LogP contribution is -2.10. The molecular weight excluding hydrogens is 380 g/mol. The third-order valence-corrected chi connectivity index (χ3v) is 4.23. The normalized spacial score (nSPS) is 10.8. The number of hydrogen-bond acceptors (Lipinski definition) is 9. The van der Waals surface area contributed by atoms with Gasteiger partial charge in [0.1, 0.15) is 5.01 Å². The van der Waals surface area contributed by atoms with Crippen molar-refractivity contribution in [2.24, 2.45) is 0 Å². The Kier molecular flexibility index (Phi) is 9.53. The number of aromatic amines is 1. The van der Waals surface area contributed by atoms with Crippen molar-refractivity contribution in [2.45, 2.75) is 0 Å². The third-order valence-electron chi connectivity index (χ3n) is 3.09. The summed E-state index contributed by atoms with van der Waals surface area (Å²) in [5, 5.41) is 7.71. The fraction of sp³-hybridized carbons (Fsp3) is 0.500. The predicted molar refractivity (Wildman–Crippen MR) is 99.4 cm³/mol. The van der Waals surface area contributed by atoms with Gasteiger partial charge < -0.3 is 28.4 Å². The van der Waals surface area contributed by atoms with E-state index in [9.17, 15) is 0 Å². The van der Waals surface area contributed by atoms with Gasteiger partial charge in [-0.05, 0) is 30.4 Å². The lowest BCUT2D eigenvalue weighted by atomic mass is 10.2. The zero-order chi connectivity index (χ0) is 18.6. The lowest BCUT2D eigenvalue weighted by molar-refractivity contribution is -0.0207. The first kappa shape index (κ1) is 20.7. The Morgan fingerprint density at radius 1 is 0.962 bits per heavy atom. The molecule has 0 bridgehead atoms. The Hall–Kier alpha value is -1.56. The van der Waals surface area contributed by atoms with Gasteiger partial charge in [0, 0.05) is 19.8 Å². The van der Waals surface area contributed by atoms with E-state index in [-0.39, 0.29) is 13.6 Å². The number of ether oxygens (including phenoxy) is 6. The average Bonchev–Trinajstić information content (AvgIpc) is 3.08. The van der Waals surface area contributed by atoms with Crippen molar-refractivity contribution in [3.8, 4) is 22.1 Å². The van der Waals surface area contributed by atoms with Gasteiger partial charge in [0.05, 0.1) is 26.4 Å². The summed E-state index contributed by atoms with van der Waals surface area (Å²) in [5.41, 5.74) is 0.863. The summed E-state index contributed by atoms with van der Waals surface area (Å²) in [7, 11) is 3.23. The van der Waals surface area contributed by atoms with Crippen LogP contribution in [0.1, 0.15) is 0 Å². The Morgan fingerprint density at radius 3 is 2.19 bits per heavy atom. The zero-order valence-corrected chi connectivity index (χ0v) is 16.3. The number of methoxy groups -OCH3 is 2. The minimum absolute atomic E-state index is 0.0734. The van der Waals surface area contributed by atoms with Crippen LogP contribution in [0.3, 0.4) is 0 Å². The maximum Gasteiger partial charge on any atom is 0.189 e. The van der Waals surface area contributed by atoms with Crippen molar-refractivity contribution in [1.29, 1.82) is 0 Å². The highest BCUT2D eigenvalue weighted by Gasteiger charge is 2.11. The Balaban J connectivity index is 2.02. The standard InChI is InChI=1S/C16H22N2O6S2/c1-19-5-7-21-10-23-13-4-3-12(15-17-18-16(25)26-15)9-14(13)24-11-22-8-6-20-2/h3-4,9H,5-8,10-11H2,1-2H3,(H,18,25). The van der Waals surface area contributed by atoms with Crippen LogP contribution in [-0.4, -0.2) is 64.4 Å². The summed E-state index contributed by atoms with van der Waals surface area (Å²) >= 11 is 6.46. The number of hydrogen-bond donors (Lipinski definition) is 1. The minimum Gasteiger partial charge on any atom is -0.464 e. The van der Waals surface area contributed by atoms with Crippen LogP contribution in [0.2, 0.25) is 0 Å². The molecule has 0 saturated heterocycles. The molecule has 1 aromatic carbocycles. The molecular formula is C16H22N2O6S2. The molecule has 1 N–H and O–H groups in total. The number of H-pyrrole nitrogens is 1. The van der Waals surface area contributed by atoms with Crippen LogP contribution in [0.25, 0.3) is 10.6 Å². The molecule has 0 saturated carbocycles. The molecule has 1 aromatic heterocycles. The van der Waals surface area contributed by atoms with Crippen molar-refractivity contribution in [2.75, 3.05) is 54.2 Å². The highest BCUT2D eigenvalue weighted by Crippen LogP contribution is 2.33.